The van der Waals surface area contributed by atoms with Crippen molar-refractivity contribution in [3.8, 4) is 45.9 Å². The van der Waals surface area contributed by atoms with Gasteiger partial charge in [0.25, 0.3) is 0 Å². The maximum atomic E-state index is 5.47. The van der Waals surface area contributed by atoms with Gasteiger partial charge in [0.05, 0.1) is 33.5 Å². The zero-order valence-corrected chi connectivity index (χ0v) is 33.6. The van der Waals surface area contributed by atoms with Crippen molar-refractivity contribution in [2.45, 2.75) is 5.92 Å². The maximum absolute atomic E-state index is 5.47. The van der Waals surface area contributed by atoms with E-state index >= 15 is 0 Å². The molecule has 4 heteroatoms. The van der Waals surface area contributed by atoms with Crippen LogP contribution in [0.2, 0.25) is 0 Å². The van der Waals surface area contributed by atoms with Gasteiger partial charge in [0.1, 0.15) is 0 Å². The Morgan fingerprint density at radius 3 is 1.89 bits per heavy atom. The van der Waals surface area contributed by atoms with Gasteiger partial charge in [-0.05, 0) is 93.3 Å². The van der Waals surface area contributed by atoms with Crippen LogP contribution in [0, 0.1) is 17.8 Å². The van der Waals surface area contributed by atoms with Gasteiger partial charge in [-0.1, -0.05) is 157 Å². The lowest BCUT2D eigenvalue weighted by molar-refractivity contribution is 0.654. The van der Waals surface area contributed by atoms with Crippen LogP contribution in [0.5, 0.6) is 0 Å². The number of hydrogen-bond acceptors (Lipinski definition) is 2. The number of aromatic nitrogens is 4. The minimum atomic E-state index is 0.0121. The van der Waals surface area contributed by atoms with E-state index in [0.717, 1.165) is 61.0 Å². The Kier molecular flexibility index (Phi) is 7.61. The highest BCUT2D eigenvalue weighted by atomic mass is 15.2. The van der Waals surface area contributed by atoms with Gasteiger partial charge < -0.3 is 4.57 Å². The van der Waals surface area contributed by atoms with Crippen LogP contribution in [0.1, 0.15) is 11.6 Å². The summed E-state index contributed by atoms with van der Waals surface area (Å²) in [5.74, 6) is 7.30. The van der Waals surface area contributed by atoms with E-state index in [1.807, 2.05) is 6.08 Å². The molecule has 0 amide bonds. The molecule has 2 unspecified atom stereocenters. The average Bonchev–Trinajstić information content (AvgIpc) is 3.85. The summed E-state index contributed by atoms with van der Waals surface area (Å²) in [6.07, 6.45) is 10.7. The van der Waals surface area contributed by atoms with Crippen molar-refractivity contribution < 1.29 is 0 Å². The fourth-order valence-corrected chi connectivity index (χ4v) is 10.0. The normalized spacial score (nSPS) is 15.7. The molecule has 0 spiro atoms. The van der Waals surface area contributed by atoms with Crippen molar-refractivity contribution in [2.24, 2.45) is 5.92 Å². The average molecular weight is 789 g/mol. The number of para-hydroxylation sites is 2. The van der Waals surface area contributed by atoms with Crippen molar-refractivity contribution in [1.82, 2.24) is 19.1 Å². The van der Waals surface area contributed by atoms with Gasteiger partial charge in [-0.2, -0.15) is 0 Å². The molecule has 8 aromatic carbocycles. The van der Waals surface area contributed by atoms with E-state index in [0.29, 0.717) is 5.95 Å². The minimum Gasteiger partial charge on any atom is -0.309 e. The van der Waals surface area contributed by atoms with E-state index in [-0.39, 0.29) is 11.8 Å². The number of benzene rings is 8. The third kappa shape index (κ3) is 5.35. The van der Waals surface area contributed by atoms with Crippen LogP contribution in [0.25, 0.3) is 99.2 Å². The molecule has 288 valence electrons. The summed E-state index contributed by atoms with van der Waals surface area (Å²) in [6, 6.07) is 63.7. The molecule has 0 saturated heterocycles. The Bertz CT molecular complexity index is 3840. The summed E-state index contributed by atoms with van der Waals surface area (Å²) in [6.45, 7) is 0. The summed E-state index contributed by atoms with van der Waals surface area (Å²) in [5, 5.41) is 9.60. The summed E-state index contributed by atoms with van der Waals surface area (Å²) >= 11 is 0. The Morgan fingerprint density at radius 2 is 1.10 bits per heavy atom. The lowest BCUT2D eigenvalue weighted by atomic mass is 9.78. The van der Waals surface area contributed by atoms with E-state index < -0.39 is 0 Å². The fraction of sp³-hybridized carbons (Fsp3) is 0.0345. The fourth-order valence-electron chi connectivity index (χ4n) is 10.0. The van der Waals surface area contributed by atoms with Crippen molar-refractivity contribution in [1.29, 1.82) is 0 Å². The molecular weight excluding hydrogens is 753 g/mol. The van der Waals surface area contributed by atoms with E-state index in [4.69, 9.17) is 9.97 Å². The largest absolute Gasteiger partial charge is 0.309 e. The predicted molar refractivity (Wildman–Crippen MR) is 257 cm³/mol. The second-order valence-electron chi connectivity index (χ2n) is 16.4. The predicted octanol–water partition coefficient (Wildman–Crippen LogP) is 14.1. The van der Waals surface area contributed by atoms with Crippen LogP contribution < -0.4 is 0 Å². The first-order valence-electron chi connectivity index (χ1n) is 21.2. The lowest BCUT2D eigenvalue weighted by Gasteiger charge is -2.26. The molecule has 0 N–H and O–H groups in total. The molecular formula is C58H36N4. The molecule has 0 aliphatic heterocycles. The van der Waals surface area contributed by atoms with Crippen LogP contribution >= 0.6 is 0 Å². The number of allylic oxidation sites excluding steroid dienone is 6. The number of fused-ring (bicyclic) bond motifs is 9. The number of hydrogen-bond donors (Lipinski definition) is 0. The monoisotopic (exact) mass is 788 g/mol. The van der Waals surface area contributed by atoms with Crippen molar-refractivity contribution in [2.75, 3.05) is 0 Å². The highest BCUT2D eigenvalue weighted by molar-refractivity contribution is 6.13. The molecule has 2 aliphatic carbocycles. The van der Waals surface area contributed by atoms with E-state index in [1.165, 1.54) is 43.5 Å². The van der Waals surface area contributed by atoms with Crippen LogP contribution in [0.3, 0.4) is 0 Å². The first-order valence-corrected chi connectivity index (χ1v) is 21.2. The molecule has 0 radical (unpaired) electrons. The van der Waals surface area contributed by atoms with Gasteiger partial charge in [0, 0.05) is 50.2 Å². The summed E-state index contributed by atoms with van der Waals surface area (Å²) in [7, 11) is 0. The Morgan fingerprint density at radius 1 is 0.452 bits per heavy atom. The van der Waals surface area contributed by atoms with Gasteiger partial charge in [-0.15, -0.1) is 0 Å². The van der Waals surface area contributed by atoms with Crippen LogP contribution in [0.15, 0.2) is 212 Å². The Labute approximate surface area is 358 Å². The third-order valence-electron chi connectivity index (χ3n) is 13.0. The van der Waals surface area contributed by atoms with Gasteiger partial charge in [-0.25, -0.2) is 9.97 Å². The standard InChI is InChI=1S/C58H36N4/c1-2-16-40-33-43(30-27-37(40)13-1)61-54-25-9-7-21-48(54)50-34-41(28-31-56(50)61)42-29-32-57-51(35-42)49-22-8-10-26-55(49)62(57)58-59-52(46-23-11-17-38-14-3-5-19-44(38)46)36-53(60-58)47-24-12-18-39-15-4-6-20-45(39)47/h1-3,5-14,16-36,45,47H. The van der Waals surface area contributed by atoms with Gasteiger partial charge in [0.2, 0.25) is 5.95 Å². The maximum Gasteiger partial charge on any atom is 0.235 e. The molecule has 0 saturated carbocycles. The highest BCUT2D eigenvalue weighted by Crippen LogP contribution is 2.41. The Balaban J connectivity index is 0.989. The molecule has 13 rings (SSSR count). The topological polar surface area (TPSA) is 35.6 Å². The van der Waals surface area contributed by atoms with Crippen LogP contribution in [-0.2, 0) is 0 Å². The molecule has 62 heavy (non-hydrogen) atoms. The van der Waals surface area contributed by atoms with E-state index in [1.54, 1.807) is 0 Å². The SMILES string of the molecule is C1#CC2=CC=CC(c3cc(-c4cccc5ccccc45)nc(-n4c5ccccc5c5cc(-c6ccc7c(c6)c6ccccc6n7-c6ccc7ccccc7c6)ccc54)n3)C2C=C1. The summed E-state index contributed by atoms with van der Waals surface area (Å²) in [4.78, 5) is 10.9. The van der Waals surface area contributed by atoms with E-state index in [2.05, 4.69) is 221 Å². The molecule has 3 heterocycles. The minimum absolute atomic E-state index is 0.0121. The highest BCUT2D eigenvalue weighted by Gasteiger charge is 2.28. The second kappa shape index (κ2) is 13.6. The molecule has 0 bridgehead atoms. The number of nitrogens with zero attached hydrogens (tertiary/aromatic N) is 4. The summed E-state index contributed by atoms with van der Waals surface area (Å²) in [5.41, 5.74) is 12.1. The van der Waals surface area contributed by atoms with Gasteiger partial charge in [-0.3, -0.25) is 4.57 Å². The molecule has 2 aliphatic rings. The quantitative estimate of drug-likeness (QED) is 0.163. The van der Waals surface area contributed by atoms with Crippen molar-refractivity contribution in [3.63, 3.8) is 0 Å². The van der Waals surface area contributed by atoms with E-state index in [9.17, 15) is 0 Å². The first kappa shape index (κ1) is 34.6. The second-order valence-corrected chi connectivity index (χ2v) is 16.4. The molecule has 2 atom stereocenters. The van der Waals surface area contributed by atoms with Crippen LogP contribution in [0.4, 0.5) is 0 Å². The summed E-state index contributed by atoms with van der Waals surface area (Å²) < 4.78 is 4.66. The molecule has 4 nitrogen and oxygen atoms in total. The van der Waals surface area contributed by atoms with Crippen molar-refractivity contribution in [3.05, 3.63) is 218 Å². The molecule has 3 aromatic heterocycles. The third-order valence-corrected chi connectivity index (χ3v) is 13.0. The zero-order chi connectivity index (χ0) is 40.7. The van der Waals surface area contributed by atoms with Gasteiger partial charge >= 0.3 is 0 Å². The zero-order valence-electron chi connectivity index (χ0n) is 33.6. The first-order chi connectivity index (χ1) is 30.7. The number of rotatable bonds is 5. The van der Waals surface area contributed by atoms with Gasteiger partial charge in [0.15, 0.2) is 0 Å². The lowest BCUT2D eigenvalue weighted by Crippen LogP contribution is -2.17. The molecule has 11 aromatic rings. The Hall–Kier alpha value is -8.26. The molecule has 0 fully saturated rings. The smallest absolute Gasteiger partial charge is 0.235 e. The van der Waals surface area contributed by atoms with Crippen molar-refractivity contribution >= 4 is 65.2 Å². The van der Waals surface area contributed by atoms with Crippen LogP contribution in [-0.4, -0.2) is 19.1 Å².